The van der Waals surface area contributed by atoms with Crippen molar-refractivity contribution < 1.29 is 14.3 Å². The van der Waals surface area contributed by atoms with Gasteiger partial charge in [0.15, 0.2) is 5.78 Å². The number of rotatable bonds is 4. The summed E-state index contributed by atoms with van der Waals surface area (Å²) in [5.74, 6) is 0.874. The largest absolute Gasteiger partial charge is 0.497 e. The van der Waals surface area contributed by atoms with E-state index in [1.54, 1.807) is 12.0 Å². The number of ketones is 1. The molecule has 5 rings (SSSR count). The van der Waals surface area contributed by atoms with E-state index >= 15 is 0 Å². The summed E-state index contributed by atoms with van der Waals surface area (Å²) in [5.41, 5.74) is 6.45. The molecule has 0 saturated heterocycles. The van der Waals surface area contributed by atoms with Crippen molar-refractivity contribution in [3.8, 4) is 5.75 Å². The molecule has 3 aromatic rings. The number of hydrogen-bond donors (Lipinski definition) is 1. The van der Waals surface area contributed by atoms with Crippen molar-refractivity contribution in [1.82, 2.24) is 0 Å². The van der Waals surface area contributed by atoms with Crippen LogP contribution >= 0.6 is 0 Å². The van der Waals surface area contributed by atoms with E-state index in [4.69, 9.17) is 4.74 Å². The van der Waals surface area contributed by atoms with E-state index in [0.717, 1.165) is 33.9 Å². The number of methoxy groups -OCH3 is 1. The number of fused-ring (bicyclic) bond motifs is 1. The molecule has 1 N–H and O–H groups in total. The molecule has 2 aliphatic rings. The molecule has 1 aliphatic carbocycles. The first-order chi connectivity index (χ1) is 17.0. The minimum Gasteiger partial charge on any atom is -0.497 e. The molecule has 0 bridgehead atoms. The molecule has 0 fully saturated rings. The van der Waals surface area contributed by atoms with Crippen molar-refractivity contribution in [3.05, 3.63) is 101 Å². The third-order valence-corrected chi connectivity index (χ3v) is 7.04. The molecule has 5 heteroatoms. The van der Waals surface area contributed by atoms with Crippen LogP contribution in [-0.2, 0) is 9.59 Å². The van der Waals surface area contributed by atoms with Crippen LogP contribution in [-0.4, -0.2) is 18.8 Å². The monoisotopic (exact) mass is 466 g/mol. The fourth-order valence-electron chi connectivity index (χ4n) is 5.21. The fraction of sp³-hybridized carbons (Fsp3) is 0.267. The quantitative estimate of drug-likeness (QED) is 0.489. The molecule has 1 amide bonds. The lowest BCUT2D eigenvalue weighted by molar-refractivity contribution is -0.119. The van der Waals surface area contributed by atoms with Crippen molar-refractivity contribution in [2.24, 2.45) is 0 Å². The van der Waals surface area contributed by atoms with E-state index in [1.165, 1.54) is 5.56 Å². The molecule has 2 atom stereocenters. The molecule has 3 aromatic carbocycles. The summed E-state index contributed by atoms with van der Waals surface area (Å²) < 4.78 is 5.36. The van der Waals surface area contributed by atoms with Crippen LogP contribution in [0.25, 0.3) is 0 Å². The van der Waals surface area contributed by atoms with E-state index in [0.29, 0.717) is 24.8 Å². The van der Waals surface area contributed by atoms with E-state index in [2.05, 4.69) is 36.5 Å². The topological polar surface area (TPSA) is 58.6 Å². The Morgan fingerprint density at radius 2 is 1.66 bits per heavy atom. The zero-order valence-corrected chi connectivity index (χ0v) is 20.4. The highest BCUT2D eigenvalue weighted by molar-refractivity contribution is 6.06. The molecule has 0 aromatic heterocycles. The highest BCUT2D eigenvalue weighted by Gasteiger charge is 2.41. The number of anilines is 2. The number of benzene rings is 3. The van der Waals surface area contributed by atoms with E-state index in [1.807, 2.05) is 55.5 Å². The second kappa shape index (κ2) is 9.41. The Morgan fingerprint density at radius 1 is 0.971 bits per heavy atom. The number of carbonyl (C=O) groups is 2. The van der Waals surface area contributed by atoms with Gasteiger partial charge in [0.1, 0.15) is 5.75 Å². The predicted octanol–water partition coefficient (Wildman–Crippen LogP) is 6.31. The van der Waals surface area contributed by atoms with Gasteiger partial charge in [0.2, 0.25) is 5.91 Å². The molecule has 35 heavy (non-hydrogen) atoms. The van der Waals surface area contributed by atoms with Crippen LogP contribution in [0.15, 0.2) is 84.1 Å². The Kier molecular flexibility index (Phi) is 6.16. The Morgan fingerprint density at radius 3 is 2.34 bits per heavy atom. The molecule has 0 spiro atoms. The van der Waals surface area contributed by atoms with Crippen LogP contribution < -0.4 is 15.0 Å². The summed E-state index contributed by atoms with van der Waals surface area (Å²) in [6.45, 7) is 3.93. The van der Waals surface area contributed by atoms with Crippen LogP contribution in [0.4, 0.5) is 11.4 Å². The zero-order chi connectivity index (χ0) is 24.5. The van der Waals surface area contributed by atoms with Crippen LogP contribution in [0, 0.1) is 6.92 Å². The lowest BCUT2D eigenvalue weighted by Crippen LogP contribution is -2.38. The minimum absolute atomic E-state index is 0.0257. The molecule has 1 heterocycles. The SMILES string of the molecule is CCC(=O)N1c2ccccc2NC2=C(C(=O)C[C@@H](c3ccc(C)cc3)C2)[C@H]1c1ccc(OC)cc1. The minimum atomic E-state index is -0.508. The molecule has 0 saturated carbocycles. The molecular weight excluding hydrogens is 436 g/mol. The van der Waals surface area contributed by atoms with Gasteiger partial charge in [0.05, 0.1) is 24.5 Å². The summed E-state index contributed by atoms with van der Waals surface area (Å²) in [7, 11) is 1.63. The van der Waals surface area contributed by atoms with Crippen molar-refractivity contribution in [2.45, 2.75) is 45.1 Å². The number of allylic oxidation sites excluding steroid dienone is 1. The molecule has 5 nitrogen and oxygen atoms in total. The van der Waals surface area contributed by atoms with Crippen molar-refractivity contribution in [1.29, 1.82) is 0 Å². The average Bonchev–Trinajstić information content (AvgIpc) is 3.03. The van der Waals surface area contributed by atoms with Gasteiger partial charge in [-0.25, -0.2) is 0 Å². The Bertz CT molecular complexity index is 1290. The second-order valence-electron chi connectivity index (χ2n) is 9.27. The van der Waals surface area contributed by atoms with E-state index < -0.39 is 6.04 Å². The van der Waals surface area contributed by atoms with Crippen LogP contribution in [0.3, 0.4) is 0 Å². The predicted molar refractivity (Wildman–Crippen MR) is 139 cm³/mol. The van der Waals surface area contributed by atoms with Gasteiger partial charge >= 0.3 is 0 Å². The maximum Gasteiger partial charge on any atom is 0.227 e. The first-order valence-corrected chi connectivity index (χ1v) is 12.1. The summed E-state index contributed by atoms with van der Waals surface area (Å²) in [6.07, 6.45) is 1.46. The van der Waals surface area contributed by atoms with Crippen molar-refractivity contribution in [2.75, 3.05) is 17.3 Å². The van der Waals surface area contributed by atoms with Gasteiger partial charge in [-0.15, -0.1) is 0 Å². The van der Waals surface area contributed by atoms with Crippen LogP contribution in [0.1, 0.15) is 54.8 Å². The Labute approximate surface area is 206 Å². The molecular formula is C30H30N2O3. The number of carbonyl (C=O) groups excluding carboxylic acids is 2. The Hall–Kier alpha value is -3.86. The number of aryl methyl sites for hydroxylation is 1. The van der Waals surface area contributed by atoms with Gasteiger partial charge in [-0.3, -0.25) is 14.5 Å². The zero-order valence-electron chi connectivity index (χ0n) is 20.4. The van der Waals surface area contributed by atoms with Gasteiger partial charge in [-0.1, -0.05) is 61.0 Å². The maximum absolute atomic E-state index is 13.9. The highest BCUT2D eigenvalue weighted by Crippen LogP contribution is 2.47. The number of nitrogens with one attached hydrogen (secondary N) is 1. The highest BCUT2D eigenvalue weighted by atomic mass is 16.5. The van der Waals surface area contributed by atoms with Crippen LogP contribution in [0.5, 0.6) is 5.75 Å². The third kappa shape index (κ3) is 4.23. The van der Waals surface area contributed by atoms with E-state index in [9.17, 15) is 9.59 Å². The second-order valence-corrected chi connectivity index (χ2v) is 9.27. The molecule has 178 valence electrons. The number of ether oxygens (including phenoxy) is 1. The molecule has 1 aliphatic heterocycles. The maximum atomic E-state index is 13.9. The molecule has 0 radical (unpaired) electrons. The number of hydrogen-bond acceptors (Lipinski definition) is 4. The Balaban J connectivity index is 1.69. The smallest absolute Gasteiger partial charge is 0.227 e. The number of amides is 1. The standard InChI is InChI=1S/C30H30N2O3/c1-4-28(34)32-26-8-6-5-7-24(26)31-25-17-22(20-11-9-19(2)10-12-20)18-27(33)29(25)30(32)21-13-15-23(35-3)16-14-21/h5-16,22,30-31H,4,17-18H2,1-3H3/t22-,30+/m0/s1. The lowest BCUT2D eigenvalue weighted by atomic mass is 9.78. The van der Waals surface area contributed by atoms with Gasteiger partial charge in [0.25, 0.3) is 0 Å². The lowest BCUT2D eigenvalue weighted by Gasteiger charge is -2.35. The fourth-order valence-corrected chi connectivity index (χ4v) is 5.21. The number of Topliss-reactive ketones (excluding diaryl/α,β-unsaturated/α-hetero) is 1. The number of para-hydroxylation sites is 2. The van der Waals surface area contributed by atoms with Crippen molar-refractivity contribution >= 4 is 23.1 Å². The molecule has 0 unspecified atom stereocenters. The van der Waals surface area contributed by atoms with Gasteiger partial charge < -0.3 is 10.1 Å². The third-order valence-electron chi connectivity index (χ3n) is 7.04. The van der Waals surface area contributed by atoms with Gasteiger partial charge in [-0.05, 0) is 54.7 Å². The first kappa shape index (κ1) is 22.9. The summed E-state index contributed by atoms with van der Waals surface area (Å²) >= 11 is 0. The van der Waals surface area contributed by atoms with Crippen molar-refractivity contribution in [3.63, 3.8) is 0 Å². The van der Waals surface area contributed by atoms with E-state index in [-0.39, 0.29) is 17.6 Å². The average molecular weight is 467 g/mol. The normalized spacial score (nSPS) is 19.4. The summed E-state index contributed by atoms with van der Waals surface area (Å²) in [5, 5.41) is 3.57. The summed E-state index contributed by atoms with van der Waals surface area (Å²) in [4.78, 5) is 29.1. The van der Waals surface area contributed by atoms with Gasteiger partial charge in [0, 0.05) is 24.1 Å². The first-order valence-electron chi connectivity index (χ1n) is 12.1. The van der Waals surface area contributed by atoms with Crippen LogP contribution in [0.2, 0.25) is 0 Å². The summed E-state index contributed by atoms with van der Waals surface area (Å²) in [6, 6.07) is 23.4. The van der Waals surface area contributed by atoms with Gasteiger partial charge in [-0.2, -0.15) is 0 Å². The number of nitrogens with zero attached hydrogens (tertiary/aromatic N) is 1.